The smallest absolute Gasteiger partial charge is 0.410 e. The number of amides is 3. The van der Waals surface area contributed by atoms with Crippen molar-refractivity contribution in [3.8, 4) is 0 Å². The topological polar surface area (TPSA) is 129 Å². The first-order valence-electron chi connectivity index (χ1n) is 13.9. The van der Waals surface area contributed by atoms with Gasteiger partial charge in [0.2, 0.25) is 5.91 Å². The van der Waals surface area contributed by atoms with Crippen molar-refractivity contribution in [3.63, 3.8) is 0 Å². The predicted molar refractivity (Wildman–Crippen MR) is 146 cm³/mol. The van der Waals surface area contributed by atoms with E-state index in [-0.39, 0.29) is 24.4 Å². The number of benzene rings is 1. The zero-order valence-electron chi connectivity index (χ0n) is 24.5. The molecule has 2 heterocycles. The van der Waals surface area contributed by atoms with E-state index in [1.54, 1.807) is 39.5 Å². The van der Waals surface area contributed by atoms with Gasteiger partial charge in [0.1, 0.15) is 23.8 Å². The molecule has 40 heavy (non-hydrogen) atoms. The van der Waals surface area contributed by atoms with Crippen LogP contribution in [-0.4, -0.2) is 88.3 Å². The molecule has 3 amide bonds. The molecule has 1 aromatic rings. The highest BCUT2D eigenvalue weighted by molar-refractivity contribution is 5.90. The molecule has 0 bridgehead atoms. The number of aliphatic carboxylic acids is 1. The highest BCUT2D eigenvalue weighted by Gasteiger charge is 2.47. The SMILES string of the molecule is CC(C)[C@H](NC(=O)OC(C)(C)C)C(=O)N1C[C@H](OC(=O)N2Cc3ccc(C4(N(C)C)CC4)cc3C2)C[C@H]1C(=O)O. The van der Waals surface area contributed by atoms with Crippen molar-refractivity contribution in [1.82, 2.24) is 20.0 Å². The second-order valence-corrected chi connectivity index (χ2v) is 12.7. The third kappa shape index (κ3) is 6.19. The molecule has 2 aliphatic heterocycles. The number of hydrogen-bond acceptors (Lipinski definition) is 7. The third-order valence-electron chi connectivity index (χ3n) is 8.01. The molecule has 0 unspecified atom stereocenters. The predicted octanol–water partition coefficient (Wildman–Crippen LogP) is 3.29. The molecule has 1 aliphatic carbocycles. The first-order valence-corrected chi connectivity index (χ1v) is 13.9. The molecule has 0 spiro atoms. The Kier molecular flexibility index (Phi) is 8.08. The van der Waals surface area contributed by atoms with Gasteiger partial charge in [0.25, 0.3) is 0 Å². The van der Waals surface area contributed by atoms with Crippen LogP contribution in [0.1, 0.15) is 70.6 Å². The van der Waals surface area contributed by atoms with E-state index in [2.05, 4.69) is 42.5 Å². The van der Waals surface area contributed by atoms with Crippen LogP contribution in [0.5, 0.6) is 0 Å². The van der Waals surface area contributed by atoms with Crippen molar-refractivity contribution < 1.29 is 33.8 Å². The van der Waals surface area contributed by atoms with Gasteiger partial charge in [-0.15, -0.1) is 0 Å². The van der Waals surface area contributed by atoms with Gasteiger partial charge >= 0.3 is 18.2 Å². The lowest BCUT2D eigenvalue weighted by Crippen LogP contribution is -2.54. The zero-order chi connectivity index (χ0) is 29.6. The van der Waals surface area contributed by atoms with Crippen molar-refractivity contribution in [2.75, 3.05) is 20.6 Å². The average molecular weight is 559 g/mol. The number of alkyl carbamates (subject to hydrolysis) is 1. The monoisotopic (exact) mass is 558 g/mol. The Hall–Kier alpha value is -3.34. The minimum atomic E-state index is -1.19. The largest absolute Gasteiger partial charge is 0.480 e. The van der Waals surface area contributed by atoms with Crippen LogP contribution in [-0.2, 0) is 37.7 Å². The molecular weight excluding hydrogens is 516 g/mol. The van der Waals surface area contributed by atoms with Crippen LogP contribution in [0.15, 0.2) is 18.2 Å². The lowest BCUT2D eigenvalue weighted by atomic mass is 9.99. The van der Waals surface area contributed by atoms with E-state index in [1.165, 1.54) is 10.5 Å². The van der Waals surface area contributed by atoms with Gasteiger partial charge in [-0.3, -0.25) is 14.6 Å². The third-order valence-corrected chi connectivity index (χ3v) is 8.01. The summed E-state index contributed by atoms with van der Waals surface area (Å²) in [5, 5.41) is 12.4. The van der Waals surface area contributed by atoms with Crippen LogP contribution in [0.4, 0.5) is 9.59 Å². The molecule has 3 aliphatic rings. The molecule has 0 aromatic heterocycles. The average Bonchev–Trinajstić information content (AvgIpc) is 3.37. The van der Waals surface area contributed by atoms with Crippen LogP contribution < -0.4 is 5.32 Å². The summed E-state index contributed by atoms with van der Waals surface area (Å²) in [5.74, 6) is -2.07. The Morgan fingerprint density at radius 2 is 1.75 bits per heavy atom. The highest BCUT2D eigenvalue weighted by atomic mass is 16.6. The van der Waals surface area contributed by atoms with Crippen LogP contribution in [0, 0.1) is 5.92 Å². The number of carboxylic acid groups (broad SMARTS) is 1. The second kappa shape index (κ2) is 10.9. The lowest BCUT2D eigenvalue weighted by molar-refractivity contribution is -0.149. The number of likely N-dealkylation sites (tertiary alicyclic amines) is 1. The fraction of sp³-hybridized carbons (Fsp3) is 0.655. The summed E-state index contributed by atoms with van der Waals surface area (Å²) in [4.78, 5) is 56.0. The maximum atomic E-state index is 13.4. The summed E-state index contributed by atoms with van der Waals surface area (Å²) in [5.41, 5.74) is 2.71. The molecule has 220 valence electrons. The van der Waals surface area contributed by atoms with Gasteiger partial charge in [-0.1, -0.05) is 32.0 Å². The van der Waals surface area contributed by atoms with Crippen LogP contribution >= 0.6 is 0 Å². The molecule has 0 radical (unpaired) electrons. The van der Waals surface area contributed by atoms with Crippen LogP contribution in [0.3, 0.4) is 0 Å². The number of hydrogen-bond donors (Lipinski definition) is 2. The first-order chi connectivity index (χ1) is 18.6. The maximum Gasteiger partial charge on any atom is 0.410 e. The highest BCUT2D eigenvalue weighted by Crippen LogP contribution is 2.50. The number of nitrogens with zero attached hydrogens (tertiary/aromatic N) is 3. The lowest BCUT2D eigenvalue weighted by Gasteiger charge is -2.30. The van der Waals surface area contributed by atoms with E-state index in [0.29, 0.717) is 13.1 Å². The van der Waals surface area contributed by atoms with E-state index in [4.69, 9.17) is 9.47 Å². The fourth-order valence-electron chi connectivity index (χ4n) is 5.63. The molecule has 11 nitrogen and oxygen atoms in total. The summed E-state index contributed by atoms with van der Waals surface area (Å²) < 4.78 is 11.0. The van der Waals surface area contributed by atoms with Gasteiger partial charge in [-0.2, -0.15) is 0 Å². The number of nitrogens with one attached hydrogen (secondary N) is 1. The van der Waals surface area contributed by atoms with Crippen LogP contribution in [0.2, 0.25) is 0 Å². The number of fused-ring (bicyclic) bond motifs is 1. The Morgan fingerprint density at radius 1 is 1.10 bits per heavy atom. The molecule has 3 atom stereocenters. The van der Waals surface area contributed by atoms with E-state index in [1.807, 2.05) is 0 Å². The molecule has 2 N–H and O–H groups in total. The van der Waals surface area contributed by atoms with Crippen molar-refractivity contribution in [1.29, 1.82) is 0 Å². The van der Waals surface area contributed by atoms with Crippen molar-refractivity contribution in [3.05, 3.63) is 34.9 Å². The van der Waals surface area contributed by atoms with Crippen molar-refractivity contribution >= 4 is 24.1 Å². The normalized spacial score (nSPS) is 22.2. The van der Waals surface area contributed by atoms with Gasteiger partial charge in [0.15, 0.2) is 0 Å². The Balaban J connectivity index is 1.40. The first kappa shape index (κ1) is 29.6. The van der Waals surface area contributed by atoms with Crippen molar-refractivity contribution in [2.24, 2.45) is 5.92 Å². The number of carbonyl (C=O) groups excluding carboxylic acids is 3. The van der Waals surface area contributed by atoms with Crippen molar-refractivity contribution in [2.45, 2.75) is 96.3 Å². The van der Waals surface area contributed by atoms with Gasteiger partial charge < -0.3 is 24.8 Å². The van der Waals surface area contributed by atoms with Gasteiger partial charge in [0, 0.05) is 25.0 Å². The zero-order valence-corrected chi connectivity index (χ0v) is 24.5. The number of carboxylic acids is 1. The second-order valence-electron chi connectivity index (χ2n) is 12.7. The molecule has 4 rings (SSSR count). The fourth-order valence-corrected chi connectivity index (χ4v) is 5.63. The Labute approximate surface area is 235 Å². The van der Waals surface area contributed by atoms with Gasteiger partial charge in [0.05, 0.1) is 6.54 Å². The summed E-state index contributed by atoms with van der Waals surface area (Å²) in [6.45, 7) is 9.40. The summed E-state index contributed by atoms with van der Waals surface area (Å²) in [6, 6.07) is 4.21. The quantitative estimate of drug-likeness (QED) is 0.522. The minimum Gasteiger partial charge on any atom is -0.480 e. The molecule has 2 fully saturated rings. The van der Waals surface area contributed by atoms with Gasteiger partial charge in [-0.25, -0.2) is 14.4 Å². The van der Waals surface area contributed by atoms with E-state index < -0.39 is 47.9 Å². The number of carbonyl (C=O) groups is 4. The molecule has 1 aromatic carbocycles. The van der Waals surface area contributed by atoms with E-state index in [0.717, 1.165) is 24.0 Å². The summed E-state index contributed by atoms with van der Waals surface area (Å²) >= 11 is 0. The molecule has 11 heteroatoms. The molecule has 1 saturated heterocycles. The maximum absolute atomic E-state index is 13.4. The van der Waals surface area contributed by atoms with Gasteiger partial charge in [-0.05, 0) is 70.3 Å². The standard InChI is InChI=1S/C29H42N4O7/c1-17(2)23(30-26(37)40-28(3,4)5)24(34)33-16-21(13-22(33)25(35)36)39-27(38)32-14-18-8-9-20(12-19(18)15-32)29(10-11-29)31(6)7/h8-9,12,17,21-23H,10-11,13-16H2,1-7H3,(H,30,37)(H,35,36)/t21-,22+,23+/m1/s1. The van der Waals surface area contributed by atoms with E-state index >= 15 is 0 Å². The Bertz CT molecular complexity index is 1170. The van der Waals surface area contributed by atoms with Crippen LogP contribution in [0.25, 0.3) is 0 Å². The summed E-state index contributed by atoms with van der Waals surface area (Å²) in [7, 11) is 4.17. The minimum absolute atomic E-state index is 0.0274. The Morgan fingerprint density at radius 3 is 2.30 bits per heavy atom. The molecule has 1 saturated carbocycles. The number of ether oxygens (including phenoxy) is 2. The summed E-state index contributed by atoms with van der Waals surface area (Å²) in [6.07, 6.45) is 0.106. The number of rotatable bonds is 7. The van der Waals surface area contributed by atoms with E-state index in [9.17, 15) is 24.3 Å². The molecular formula is C29H42N4O7.